The largest absolute Gasteiger partial charge is 0.494 e. The van der Waals surface area contributed by atoms with Crippen molar-refractivity contribution in [1.82, 2.24) is 4.90 Å². The second-order valence-electron chi connectivity index (χ2n) is 5.91. The van der Waals surface area contributed by atoms with Gasteiger partial charge in [-0.15, -0.1) is 0 Å². The maximum absolute atomic E-state index is 12.6. The number of nitrogens with zero attached hydrogens (tertiary/aromatic N) is 1. The van der Waals surface area contributed by atoms with Crippen LogP contribution in [0.4, 0.5) is 4.79 Å². The van der Waals surface area contributed by atoms with Gasteiger partial charge in [0, 0.05) is 11.6 Å². The third kappa shape index (κ3) is 5.76. The number of rotatable bonds is 10. The molecule has 0 atom stereocenters. The molecule has 1 aliphatic heterocycles. The Hall–Kier alpha value is -2.48. The zero-order chi connectivity index (χ0) is 20.5. The molecule has 1 heterocycles. The maximum Gasteiger partial charge on any atom is 0.326 e. The molecule has 0 aromatic heterocycles. The van der Waals surface area contributed by atoms with E-state index in [0.29, 0.717) is 30.3 Å². The van der Waals surface area contributed by atoms with Crippen molar-refractivity contribution in [2.24, 2.45) is 0 Å². The molecule has 2 rings (SSSR count). The van der Waals surface area contributed by atoms with Gasteiger partial charge in [-0.2, -0.15) is 0 Å². The second kappa shape index (κ2) is 10.8. The summed E-state index contributed by atoms with van der Waals surface area (Å²) in [4.78, 5) is 37.7. The zero-order valence-electron chi connectivity index (χ0n) is 16.4. The van der Waals surface area contributed by atoms with Gasteiger partial charge >= 0.3 is 5.97 Å². The molecule has 1 saturated heterocycles. The van der Waals surface area contributed by atoms with E-state index in [0.717, 1.165) is 29.5 Å². The number of esters is 1. The maximum atomic E-state index is 12.6. The highest BCUT2D eigenvalue weighted by Crippen LogP contribution is 2.35. The Balaban J connectivity index is 2.15. The number of carbonyl (C=O) groups excluding carboxylic acids is 3. The van der Waals surface area contributed by atoms with Crippen molar-refractivity contribution in [1.29, 1.82) is 0 Å². The molecule has 0 N–H and O–H groups in total. The van der Waals surface area contributed by atoms with Gasteiger partial charge in [0.25, 0.3) is 11.1 Å². The van der Waals surface area contributed by atoms with Gasteiger partial charge < -0.3 is 14.2 Å². The lowest BCUT2D eigenvalue weighted by Gasteiger charge is -2.12. The highest BCUT2D eigenvalue weighted by atomic mass is 32.2. The number of thioether (sulfide) groups is 1. The molecule has 8 heteroatoms. The van der Waals surface area contributed by atoms with Crippen LogP contribution in [0, 0.1) is 0 Å². The topological polar surface area (TPSA) is 82.1 Å². The second-order valence-corrected chi connectivity index (χ2v) is 6.90. The SMILES string of the molecule is CCCCOC(=O)CN1C(=O)S/C(=C/c2ccc(OCC)cc2OCC)C1=O. The number of hydrogen-bond donors (Lipinski definition) is 0. The molecule has 28 heavy (non-hydrogen) atoms. The molecule has 152 valence electrons. The van der Waals surface area contributed by atoms with Crippen LogP contribution in [0.5, 0.6) is 11.5 Å². The lowest BCUT2D eigenvalue weighted by atomic mass is 10.1. The summed E-state index contributed by atoms with van der Waals surface area (Å²) in [5.74, 6) is 0.108. The van der Waals surface area contributed by atoms with Crippen molar-refractivity contribution in [2.45, 2.75) is 33.6 Å². The Kier molecular flexibility index (Phi) is 8.38. The summed E-state index contributed by atoms with van der Waals surface area (Å²) in [6.07, 6.45) is 3.22. The van der Waals surface area contributed by atoms with Crippen LogP contribution in [0.1, 0.15) is 39.2 Å². The highest BCUT2D eigenvalue weighted by Gasteiger charge is 2.36. The predicted molar refractivity (Wildman–Crippen MR) is 107 cm³/mol. The molecular formula is C20H25NO6S. The summed E-state index contributed by atoms with van der Waals surface area (Å²) in [6.45, 7) is 6.59. The Morgan fingerprint density at radius 1 is 1.14 bits per heavy atom. The summed E-state index contributed by atoms with van der Waals surface area (Å²) in [7, 11) is 0. The van der Waals surface area contributed by atoms with Crippen molar-refractivity contribution in [3.63, 3.8) is 0 Å². The van der Waals surface area contributed by atoms with Crippen molar-refractivity contribution in [2.75, 3.05) is 26.4 Å². The molecule has 2 amide bonds. The predicted octanol–water partition coefficient (Wildman–Crippen LogP) is 3.86. The Labute approximate surface area is 169 Å². The minimum absolute atomic E-state index is 0.233. The van der Waals surface area contributed by atoms with E-state index in [2.05, 4.69) is 0 Å². The molecule has 0 unspecified atom stereocenters. The van der Waals surface area contributed by atoms with Crippen LogP contribution < -0.4 is 9.47 Å². The zero-order valence-corrected chi connectivity index (χ0v) is 17.2. The molecule has 0 saturated carbocycles. The first kappa shape index (κ1) is 21.8. The molecule has 0 bridgehead atoms. The Morgan fingerprint density at radius 3 is 2.57 bits per heavy atom. The van der Waals surface area contributed by atoms with Gasteiger partial charge in [-0.05, 0) is 50.2 Å². The van der Waals surface area contributed by atoms with Crippen LogP contribution in [-0.4, -0.2) is 48.4 Å². The standard InChI is InChI=1S/C20H25NO6S/c1-4-7-10-27-18(22)13-21-19(23)17(28-20(21)24)11-14-8-9-15(25-5-2)12-16(14)26-6-3/h8-9,11-12H,4-7,10,13H2,1-3H3/b17-11+. The van der Waals surface area contributed by atoms with Crippen LogP contribution in [-0.2, 0) is 14.3 Å². The van der Waals surface area contributed by atoms with Crippen LogP contribution in [0.15, 0.2) is 23.1 Å². The number of imide groups is 1. The smallest absolute Gasteiger partial charge is 0.326 e. The number of carbonyl (C=O) groups is 3. The number of hydrogen-bond acceptors (Lipinski definition) is 7. The van der Waals surface area contributed by atoms with E-state index in [1.165, 1.54) is 0 Å². The van der Waals surface area contributed by atoms with E-state index < -0.39 is 17.1 Å². The minimum Gasteiger partial charge on any atom is -0.494 e. The summed E-state index contributed by atoms with van der Waals surface area (Å²) in [6, 6.07) is 5.28. The number of ether oxygens (including phenoxy) is 3. The third-order valence-electron chi connectivity index (χ3n) is 3.80. The van der Waals surface area contributed by atoms with Crippen molar-refractivity contribution >= 4 is 35.0 Å². The number of amides is 2. The Bertz CT molecular complexity index is 761. The fraction of sp³-hybridized carbons (Fsp3) is 0.450. The van der Waals surface area contributed by atoms with E-state index >= 15 is 0 Å². The summed E-state index contributed by atoms with van der Waals surface area (Å²) in [5, 5.41) is -0.493. The first-order chi connectivity index (χ1) is 13.5. The number of unbranched alkanes of at least 4 members (excludes halogenated alkanes) is 1. The summed E-state index contributed by atoms with van der Waals surface area (Å²) >= 11 is 0.792. The lowest BCUT2D eigenvalue weighted by molar-refractivity contribution is -0.146. The van der Waals surface area contributed by atoms with Gasteiger partial charge in [-0.3, -0.25) is 19.3 Å². The van der Waals surface area contributed by atoms with Gasteiger partial charge in [-0.1, -0.05) is 13.3 Å². The van der Waals surface area contributed by atoms with E-state index in [1.54, 1.807) is 24.3 Å². The first-order valence-electron chi connectivity index (χ1n) is 9.30. The molecule has 0 aliphatic carbocycles. The molecule has 0 spiro atoms. The van der Waals surface area contributed by atoms with Crippen LogP contribution in [0.2, 0.25) is 0 Å². The van der Waals surface area contributed by atoms with Gasteiger partial charge in [0.05, 0.1) is 24.7 Å². The minimum atomic E-state index is -0.590. The molecular weight excluding hydrogens is 382 g/mol. The van der Waals surface area contributed by atoms with E-state index in [1.807, 2.05) is 20.8 Å². The fourth-order valence-electron chi connectivity index (χ4n) is 2.45. The van der Waals surface area contributed by atoms with Crippen molar-refractivity contribution in [3.8, 4) is 11.5 Å². The van der Waals surface area contributed by atoms with Crippen molar-refractivity contribution in [3.05, 3.63) is 28.7 Å². The van der Waals surface area contributed by atoms with E-state index in [4.69, 9.17) is 14.2 Å². The molecule has 1 aliphatic rings. The molecule has 1 fully saturated rings. The van der Waals surface area contributed by atoms with Gasteiger partial charge in [0.15, 0.2) is 0 Å². The normalized spacial score (nSPS) is 15.2. The molecule has 1 aromatic carbocycles. The Morgan fingerprint density at radius 2 is 1.89 bits per heavy atom. The first-order valence-corrected chi connectivity index (χ1v) is 10.1. The molecule has 7 nitrogen and oxygen atoms in total. The molecule has 0 radical (unpaired) electrons. The third-order valence-corrected chi connectivity index (χ3v) is 4.71. The monoisotopic (exact) mass is 407 g/mol. The van der Waals surface area contributed by atoms with Crippen LogP contribution in [0.3, 0.4) is 0 Å². The van der Waals surface area contributed by atoms with Crippen molar-refractivity contribution < 1.29 is 28.6 Å². The van der Waals surface area contributed by atoms with E-state index in [-0.39, 0.29) is 18.1 Å². The average Bonchev–Trinajstić information content (AvgIpc) is 2.92. The lowest BCUT2D eigenvalue weighted by Crippen LogP contribution is -2.34. The molecule has 1 aromatic rings. The van der Waals surface area contributed by atoms with E-state index in [9.17, 15) is 14.4 Å². The van der Waals surface area contributed by atoms with Gasteiger partial charge in [0.1, 0.15) is 18.0 Å². The quantitative estimate of drug-likeness (QED) is 0.331. The highest BCUT2D eigenvalue weighted by molar-refractivity contribution is 8.18. The summed E-state index contributed by atoms with van der Waals surface area (Å²) in [5.41, 5.74) is 0.654. The average molecular weight is 407 g/mol. The van der Waals surface area contributed by atoms with Crippen LogP contribution in [0.25, 0.3) is 6.08 Å². The van der Waals surface area contributed by atoms with Gasteiger partial charge in [-0.25, -0.2) is 0 Å². The number of benzene rings is 1. The van der Waals surface area contributed by atoms with Gasteiger partial charge in [0.2, 0.25) is 0 Å². The fourth-order valence-corrected chi connectivity index (χ4v) is 3.28. The van der Waals surface area contributed by atoms with Crippen LogP contribution >= 0.6 is 11.8 Å². The summed E-state index contributed by atoms with van der Waals surface area (Å²) < 4.78 is 16.1.